The second-order valence-corrected chi connectivity index (χ2v) is 3.17. The van der Waals surface area contributed by atoms with Crippen LogP contribution in [0.1, 0.15) is 12.5 Å². The third-order valence-electron chi connectivity index (χ3n) is 2.09. The molecule has 0 fully saturated rings. The predicted octanol–water partition coefficient (Wildman–Crippen LogP) is 2.90. The Morgan fingerprint density at radius 1 is 1.29 bits per heavy atom. The first kappa shape index (κ1) is 8.75. The first-order chi connectivity index (χ1) is 6.86. The monoisotopic (exact) mass is 184 g/mol. The lowest BCUT2D eigenvalue weighted by Crippen LogP contribution is -1.87. The lowest BCUT2D eigenvalue weighted by atomic mass is 10.2. The highest BCUT2D eigenvalue weighted by Crippen LogP contribution is 2.09. The maximum atomic E-state index is 4.01. The number of allylic oxidation sites excluding steroid dienone is 1. The topological polar surface area (TPSA) is 17.8 Å². The van der Waals surface area contributed by atoms with Crippen molar-refractivity contribution in [2.45, 2.75) is 6.92 Å². The highest BCUT2D eigenvalue weighted by molar-refractivity contribution is 5.69. The van der Waals surface area contributed by atoms with E-state index in [1.807, 2.05) is 29.0 Å². The molecule has 0 aliphatic rings. The SMILES string of the molecule is CC(=Cc1ccccc1)n1ccnc1. The maximum Gasteiger partial charge on any atom is 0.0989 e. The minimum absolute atomic E-state index is 1.16. The van der Waals surface area contributed by atoms with Gasteiger partial charge < -0.3 is 4.57 Å². The summed E-state index contributed by atoms with van der Waals surface area (Å²) in [7, 11) is 0. The molecule has 0 radical (unpaired) electrons. The van der Waals surface area contributed by atoms with E-state index >= 15 is 0 Å². The van der Waals surface area contributed by atoms with Crippen molar-refractivity contribution in [3.63, 3.8) is 0 Å². The summed E-state index contributed by atoms with van der Waals surface area (Å²) in [4.78, 5) is 4.01. The summed E-state index contributed by atoms with van der Waals surface area (Å²) in [6.45, 7) is 2.06. The molecule has 14 heavy (non-hydrogen) atoms. The van der Waals surface area contributed by atoms with Crippen LogP contribution in [0.2, 0.25) is 0 Å². The van der Waals surface area contributed by atoms with Crippen molar-refractivity contribution >= 4 is 11.8 Å². The van der Waals surface area contributed by atoms with Gasteiger partial charge >= 0.3 is 0 Å². The quantitative estimate of drug-likeness (QED) is 0.701. The summed E-state index contributed by atoms with van der Waals surface area (Å²) in [6.07, 6.45) is 7.65. The minimum Gasteiger partial charge on any atom is -0.310 e. The predicted molar refractivity (Wildman–Crippen MR) is 58.5 cm³/mol. The van der Waals surface area contributed by atoms with Gasteiger partial charge in [-0.2, -0.15) is 0 Å². The van der Waals surface area contributed by atoms with Gasteiger partial charge in [-0.15, -0.1) is 0 Å². The molecule has 1 heterocycles. The van der Waals surface area contributed by atoms with Crippen molar-refractivity contribution < 1.29 is 0 Å². The number of hydrogen-bond donors (Lipinski definition) is 0. The number of benzene rings is 1. The number of nitrogens with zero attached hydrogens (tertiary/aromatic N) is 2. The summed E-state index contributed by atoms with van der Waals surface area (Å²) < 4.78 is 1.99. The minimum atomic E-state index is 1.16. The van der Waals surface area contributed by atoms with Crippen molar-refractivity contribution in [2.24, 2.45) is 0 Å². The fourth-order valence-electron chi connectivity index (χ4n) is 1.33. The molecule has 0 amide bonds. The van der Waals surface area contributed by atoms with Crippen LogP contribution in [-0.2, 0) is 0 Å². The molecule has 0 bridgehead atoms. The zero-order valence-corrected chi connectivity index (χ0v) is 8.09. The molecule has 0 aliphatic carbocycles. The molecule has 2 nitrogen and oxygen atoms in total. The molecule has 1 aromatic heterocycles. The van der Waals surface area contributed by atoms with Crippen LogP contribution in [0.3, 0.4) is 0 Å². The Balaban J connectivity index is 2.28. The van der Waals surface area contributed by atoms with E-state index in [0.717, 1.165) is 5.70 Å². The number of aromatic nitrogens is 2. The number of rotatable bonds is 2. The van der Waals surface area contributed by atoms with E-state index in [0.29, 0.717) is 0 Å². The van der Waals surface area contributed by atoms with Crippen molar-refractivity contribution in [1.29, 1.82) is 0 Å². The number of imidazole rings is 1. The third kappa shape index (κ3) is 1.91. The van der Waals surface area contributed by atoms with Gasteiger partial charge in [-0.3, -0.25) is 0 Å². The van der Waals surface area contributed by atoms with Crippen molar-refractivity contribution in [3.05, 3.63) is 54.6 Å². The highest BCUT2D eigenvalue weighted by Gasteiger charge is 1.92. The molecule has 0 spiro atoms. The van der Waals surface area contributed by atoms with E-state index in [2.05, 4.69) is 30.1 Å². The Bertz CT molecular complexity index is 413. The molecule has 2 rings (SSSR count). The molecule has 2 aromatic rings. The molecule has 0 aliphatic heterocycles. The maximum absolute atomic E-state index is 4.01. The fraction of sp³-hybridized carbons (Fsp3) is 0.0833. The molecule has 2 heteroatoms. The largest absolute Gasteiger partial charge is 0.310 e. The van der Waals surface area contributed by atoms with Crippen LogP contribution in [0, 0.1) is 0 Å². The second-order valence-electron chi connectivity index (χ2n) is 3.17. The average molecular weight is 184 g/mol. The van der Waals surface area contributed by atoms with Gasteiger partial charge in [-0.05, 0) is 18.6 Å². The van der Waals surface area contributed by atoms with Gasteiger partial charge in [0.2, 0.25) is 0 Å². The lowest BCUT2D eigenvalue weighted by molar-refractivity contribution is 1.08. The molecule has 0 unspecified atom stereocenters. The Morgan fingerprint density at radius 3 is 2.71 bits per heavy atom. The van der Waals surface area contributed by atoms with E-state index in [1.165, 1.54) is 5.56 Å². The van der Waals surface area contributed by atoms with Gasteiger partial charge in [0, 0.05) is 18.1 Å². The Labute approximate surface area is 83.5 Å². The van der Waals surface area contributed by atoms with Crippen molar-refractivity contribution in [3.8, 4) is 0 Å². The first-order valence-corrected chi connectivity index (χ1v) is 4.58. The van der Waals surface area contributed by atoms with Gasteiger partial charge in [0.1, 0.15) is 0 Å². The first-order valence-electron chi connectivity index (χ1n) is 4.58. The number of hydrogen-bond acceptors (Lipinski definition) is 1. The van der Waals surface area contributed by atoms with Crippen LogP contribution in [0.4, 0.5) is 0 Å². The van der Waals surface area contributed by atoms with E-state index < -0.39 is 0 Å². The molecular weight excluding hydrogens is 172 g/mol. The van der Waals surface area contributed by atoms with Crippen molar-refractivity contribution in [2.75, 3.05) is 0 Å². The zero-order valence-electron chi connectivity index (χ0n) is 8.09. The van der Waals surface area contributed by atoms with E-state index in [-0.39, 0.29) is 0 Å². The van der Waals surface area contributed by atoms with Gasteiger partial charge in [0.05, 0.1) is 6.33 Å². The van der Waals surface area contributed by atoms with E-state index in [9.17, 15) is 0 Å². The van der Waals surface area contributed by atoms with Crippen LogP contribution in [0.25, 0.3) is 11.8 Å². The van der Waals surface area contributed by atoms with Gasteiger partial charge in [0.25, 0.3) is 0 Å². The van der Waals surface area contributed by atoms with E-state index in [1.54, 1.807) is 12.5 Å². The molecule has 0 atom stereocenters. The summed E-state index contributed by atoms with van der Waals surface area (Å²) in [6, 6.07) is 10.3. The van der Waals surface area contributed by atoms with E-state index in [4.69, 9.17) is 0 Å². The van der Waals surface area contributed by atoms with Gasteiger partial charge in [0.15, 0.2) is 0 Å². The summed E-state index contributed by atoms with van der Waals surface area (Å²) in [5.74, 6) is 0. The van der Waals surface area contributed by atoms with Crippen LogP contribution < -0.4 is 0 Å². The summed E-state index contributed by atoms with van der Waals surface area (Å²) in [5.41, 5.74) is 2.37. The highest BCUT2D eigenvalue weighted by atomic mass is 15.0. The molecule has 1 aromatic carbocycles. The van der Waals surface area contributed by atoms with Gasteiger partial charge in [-0.1, -0.05) is 30.3 Å². The van der Waals surface area contributed by atoms with Crippen molar-refractivity contribution in [1.82, 2.24) is 9.55 Å². The Morgan fingerprint density at radius 2 is 2.07 bits per heavy atom. The van der Waals surface area contributed by atoms with Crippen LogP contribution in [0.15, 0.2) is 49.1 Å². The normalized spacial score (nSPS) is 11.6. The second kappa shape index (κ2) is 3.92. The lowest BCUT2D eigenvalue weighted by Gasteiger charge is -2.01. The van der Waals surface area contributed by atoms with Gasteiger partial charge in [-0.25, -0.2) is 4.98 Å². The average Bonchev–Trinajstić information content (AvgIpc) is 2.72. The smallest absolute Gasteiger partial charge is 0.0989 e. The van der Waals surface area contributed by atoms with Crippen LogP contribution >= 0.6 is 0 Å². The standard InChI is InChI=1S/C12H12N2/c1-11(14-8-7-13-10-14)9-12-5-3-2-4-6-12/h2-10H,1H3. The van der Waals surface area contributed by atoms with Crippen LogP contribution in [-0.4, -0.2) is 9.55 Å². The molecule has 0 saturated carbocycles. The molecular formula is C12H12N2. The summed E-state index contributed by atoms with van der Waals surface area (Å²) >= 11 is 0. The summed E-state index contributed by atoms with van der Waals surface area (Å²) in [5, 5.41) is 0. The molecule has 70 valence electrons. The molecule has 0 N–H and O–H groups in total. The zero-order chi connectivity index (χ0) is 9.80. The van der Waals surface area contributed by atoms with Crippen LogP contribution in [0.5, 0.6) is 0 Å². The fourth-order valence-corrected chi connectivity index (χ4v) is 1.33. The Kier molecular flexibility index (Phi) is 2.45. The molecule has 0 saturated heterocycles. The Hall–Kier alpha value is -1.83. The third-order valence-corrected chi connectivity index (χ3v) is 2.09.